The van der Waals surface area contributed by atoms with E-state index in [2.05, 4.69) is 19.2 Å². The minimum Gasteiger partial charge on any atom is -0.352 e. The van der Waals surface area contributed by atoms with Gasteiger partial charge in [0.15, 0.2) is 0 Å². The Morgan fingerprint density at radius 3 is 2.52 bits per heavy atom. The second-order valence-corrected chi connectivity index (χ2v) is 6.44. The molecule has 1 N–H and O–H groups in total. The predicted molar refractivity (Wildman–Crippen MR) is 85.0 cm³/mol. The quantitative estimate of drug-likeness (QED) is 0.665. The van der Waals surface area contributed by atoms with Crippen LogP contribution in [0.1, 0.15) is 49.0 Å². The van der Waals surface area contributed by atoms with Gasteiger partial charge in [0.1, 0.15) is 6.29 Å². The summed E-state index contributed by atoms with van der Waals surface area (Å²) in [6, 6.07) is 7.14. The molecular formula is C18H23NO2. The summed E-state index contributed by atoms with van der Waals surface area (Å²) in [4.78, 5) is 22.4. The van der Waals surface area contributed by atoms with Crippen molar-refractivity contribution in [1.29, 1.82) is 0 Å². The first-order valence-corrected chi connectivity index (χ1v) is 7.52. The van der Waals surface area contributed by atoms with Crippen molar-refractivity contribution in [3.8, 4) is 0 Å². The van der Waals surface area contributed by atoms with Gasteiger partial charge < -0.3 is 5.32 Å². The van der Waals surface area contributed by atoms with E-state index in [0.29, 0.717) is 16.9 Å². The third kappa shape index (κ3) is 4.28. The van der Waals surface area contributed by atoms with Crippen LogP contribution in [0.4, 0.5) is 0 Å². The van der Waals surface area contributed by atoms with E-state index in [-0.39, 0.29) is 5.91 Å². The highest BCUT2D eigenvalue weighted by Gasteiger charge is 2.34. The summed E-state index contributed by atoms with van der Waals surface area (Å²) in [6.07, 6.45) is 7.83. The van der Waals surface area contributed by atoms with E-state index in [4.69, 9.17) is 0 Å². The fourth-order valence-corrected chi connectivity index (χ4v) is 2.92. The average Bonchev–Trinajstić information content (AvgIpc) is 2.82. The van der Waals surface area contributed by atoms with Crippen molar-refractivity contribution >= 4 is 18.3 Å². The van der Waals surface area contributed by atoms with Gasteiger partial charge in [0, 0.05) is 18.2 Å². The molecule has 1 aliphatic carbocycles. The Labute approximate surface area is 126 Å². The van der Waals surface area contributed by atoms with Crippen molar-refractivity contribution in [2.24, 2.45) is 11.3 Å². The highest BCUT2D eigenvalue weighted by Crippen LogP contribution is 2.41. The first-order chi connectivity index (χ1) is 10.0. The molecule has 1 saturated carbocycles. The van der Waals surface area contributed by atoms with Gasteiger partial charge in [0.05, 0.1) is 0 Å². The highest BCUT2D eigenvalue weighted by molar-refractivity contribution is 5.91. The molecule has 1 atom stereocenters. The summed E-state index contributed by atoms with van der Waals surface area (Å²) in [5, 5.41) is 2.99. The molecular weight excluding hydrogens is 262 g/mol. The van der Waals surface area contributed by atoms with Gasteiger partial charge in [0.2, 0.25) is 5.91 Å². The molecule has 1 fully saturated rings. The topological polar surface area (TPSA) is 46.2 Å². The van der Waals surface area contributed by atoms with Crippen LogP contribution in [0.2, 0.25) is 0 Å². The Bertz CT molecular complexity index is 529. The number of amides is 1. The maximum Gasteiger partial charge on any atom is 0.244 e. The second kappa shape index (κ2) is 6.70. The van der Waals surface area contributed by atoms with E-state index in [1.165, 1.54) is 19.3 Å². The number of hydrogen-bond donors (Lipinski definition) is 1. The minimum atomic E-state index is -0.0582. The summed E-state index contributed by atoms with van der Waals surface area (Å²) in [7, 11) is 0. The molecule has 1 unspecified atom stereocenters. The summed E-state index contributed by atoms with van der Waals surface area (Å²) in [5.41, 5.74) is 1.89. The molecule has 0 saturated heterocycles. The largest absolute Gasteiger partial charge is 0.352 e. The zero-order chi connectivity index (χ0) is 15.3. The molecule has 112 valence electrons. The summed E-state index contributed by atoms with van der Waals surface area (Å²) < 4.78 is 0. The molecule has 0 spiro atoms. The van der Waals surface area contributed by atoms with Crippen molar-refractivity contribution in [1.82, 2.24) is 5.32 Å². The van der Waals surface area contributed by atoms with Crippen LogP contribution in [0.15, 0.2) is 30.3 Å². The average molecular weight is 285 g/mol. The Hall–Kier alpha value is -1.90. The van der Waals surface area contributed by atoms with E-state index in [9.17, 15) is 9.59 Å². The van der Waals surface area contributed by atoms with Crippen LogP contribution in [-0.2, 0) is 4.79 Å². The normalized spacial score (nSPS) is 20.6. The zero-order valence-electron chi connectivity index (χ0n) is 12.8. The van der Waals surface area contributed by atoms with E-state index in [1.807, 2.05) is 12.1 Å². The van der Waals surface area contributed by atoms with Gasteiger partial charge in [-0.3, -0.25) is 9.59 Å². The van der Waals surface area contributed by atoms with E-state index < -0.39 is 0 Å². The van der Waals surface area contributed by atoms with Gasteiger partial charge in [0.25, 0.3) is 0 Å². The summed E-state index contributed by atoms with van der Waals surface area (Å²) in [5.74, 6) is 0.513. The van der Waals surface area contributed by atoms with Crippen molar-refractivity contribution < 1.29 is 9.59 Å². The fourth-order valence-electron chi connectivity index (χ4n) is 2.92. The van der Waals surface area contributed by atoms with Gasteiger partial charge in [-0.05, 0) is 35.8 Å². The minimum absolute atomic E-state index is 0.0582. The number of benzene rings is 1. The maximum atomic E-state index is 11.9. The Morgan fingerprint density at radius 1 is 1.29 bits per heavy atom. The van der Waals surface area contributed by atoms with Crippen LogP contribution in [-0.4, -0.2) is 18.7 Å². The summed E-state index contributed by atoms with van der Waals surface area (Å²) in [6.45, 7) is 5.31. The van der Waals surface area contributed by atoms with E-state index in [0.717, 1.165) is 18.4 Å². The lowest BCUT2D eigenvalue weighted by molar-refractivity contribution is -0.116. The Balaban J connectivity index is 1.83. The van der Waals surface area contributed by atoms with Crippen molar-refractivity contribution in [3.63, 3.8) is 0 Å². The third-order valence-electron chi connectivity index (χ3n) is 4.50. The van der Waals surface area contributed by atoms with Crippen LogP contribution in [0.25, 0.3) is 6.08 Å². The molecule has 0 bridgehead atoms. The monoisotopic (exact) mass is 285 g/mol. The van der Waals surface area contributed by atoms with Crippen molar-refractivity contribution in [2.75, 3.05) is 6.54 Å². The number of aldehydes is 1. The van der Waals surface area contributed by atoms with Crippen LogP contribution >= 0.6 is 0 Å². The Kier molecular flexibility index (Phi) is 4.94. The lowest BCUT2D eigenvalue weighted by Crippen LogP contribution is -2.32. The first kappa shape index (κ1) is 15.5. The Morgan fingerprint density at radius 2 is 1.95 bits per heavy atom. The molecule has 2 rings (SSSR count). The van der Waals surface area contributed by atoms with Gasteiger partial charge in [-0.15, -0.1) is 0 Å². The number of carbonyl (C=O) groups excluding carboxylic acids is 2. The molecule has 0 radical (unpaired) electrons. The molecule has 3 nitrogen and oxygen atoms in total. The molecule has 0 aromatic heterocycles. The van der Waals surface area contributed by atoms with Crippen LogP contribution in [0, 0.1) is 11.3 Å². The van der Waals surface area contributed by atoms with Gasteiger partial charge >= 0.3 is 0 Å². The van der Waals surface area contributed by atoms with Crippen LogP contribution in [0.5, 0.6) is 0 Å². The number of carbonyl (C=O) groups is 2. The smallest absolute Gasteiger partial charge is 0.244 e. The van der Waals surface area contributed by atoms with Gasteiger partial charge in [-0.1, -0.05) is 44.5 Å². The molecule has 1 aromatic rings. The zero-order valence-corrected chi connectivity index (χ0v) is 12.8. The van der Waals surface area contributed by atoms with Crippen molar-refractivity contribution in [3.05, 3.63) is 41.5 Å². The predicted octanol–water partition coefficient (Wildman–Crippen LogP) is 3.45. The number of nitrogens with one attached hydrogen (secondary N) is 1. The molecule has 1 aliphatic rings. The van der Waals surface area contributed by atoms with Crippen LogP contribution < -0.4 is 5.32 Å². The molecule has 1 amide bonds. The fraction of sp³-hybridized carbons (Fsp3) is 0.444. The molecule has 1 aromatic carbocycles. The van der Waals surface area contributed by atoms with Gasteiger partial charge in [-0.25, -0.2) is 0 Å². The molecule has 0 aliphatic heterocycles. The van der Waals surface area contributed by atoms with Crippen LogP contribution in [0.3, 0.4) is 0 Å². The van der Waals surface area contributed by atoms with Gasteiger partial charge in [-0.2, -0.15) is 0 Å². The van der Waals surface area contributed by atoms with E-state index >= 15 is 0 Å². The first-order valence-electron chi connectivity index (χ1n) is 7.52. The highest BCUT2D eigenvalue weighted by atomic mass is 16.1. The van der Waals surface area contributed by atoms with Crippen molar-refractivity contribution in [2.45, 2.75) is 33.1 Å². The molecule has 3 heteroatoms. The van der Waals surface area contributed by atoms with E-state index in [1.54, 1.807) is 24.3 Å². The maximum absolute atomic E-state index is 11.9. The summed E-state index contributed by atoms with van der Waals surface area (Å²) >= 11 is 0. The number of rotatable bonds is 5. The molecule has 21 heavy (non-hydrogen) atoms. The second-order valence-electron chi connectivity index (χ2n) is 6.44. The number of hydrogen-bond acceptors (Lipinski definition) is 2. The third-order valence-corrected chi connectivity index (χ3v) is 4.50. The molecule has 0 heterocycles. The lowest BCUT2D eigenvalue weighted by atomic mass is 9.82. The SMILES string of the molecule is CC1(C)CCCC1CNC(=O)C=Cc1ccc(C=O)cc1. The lowest BCUT2D eigenvalue weighted by Gasteiger charge is -2.26. The standard InChI is InChI=1S/C18H23NO2/c1-18(2)11-3-4-16(18)12-19-17(21)10-9-14-5-7-15(13-20)8-6-14/h5-10,13,16H,3-4,11-12H2,1-2H3,(H,19,21).